The third kappa shape index (κ3) is 3.76. The number of likely N-dealkylation sites (N-methyl/N-ethyl adjacent to an activating group) is 1. The molecule has 1 heterocycles. The van der Waals surface area contributed by atoms with Crippen LogP contribution in [0, 0.1) is 8.70 Å². The maximum Gasteiger partial charge on any atom is 0.123 e. The molecule has 0 aliphatic carbocycles. The first kappa shape index (κ1) is 14.0. The molecular weight excluding hydrogens is 360 g/mol. The summed E-state index contributed by atoms with van der Waals surface area (Å²) in [5, 5.41) is 5.64. The van der Waals surface area contributed by atoms with Crippen LogP contribution in [0.4, 0.5) is 4.39 Å². The average molecular weight is 375 g/mol. The fraction of sp³-hybridized carbons (Fsp3) is 0.286. The number of thiophene rings is 1. The zero-order chi connectivity index (χ0) is 13.0. The van der Waals surface area contributed by atoms with E-state index >= 15 is 0 Å². The molecule has 0 radical (unpaired) electrons. The molecule has 0 saturated heterocycles. The van der Waals surface area contributed by atoms with E-state index in [0.717, 1.165) is 18.5 Å². The molecule has 2 aromatic rings. The Kier molecular flexibility index (Phi) is 5.14. The first-order valence-corrected chi connectivity index (χ1v) is 7.86. The number of rotatable bonds is 5. The molecule has 1 N–H and O–H groups in total. The molecule has 1 unspecified atom stereocenters. The summed E-state index contributed by atoms with van der Waals surface area (Å²) in [5.41, 5.74) is 2.32. The smallest absolute Gasteiger partial charge is 0.123 e. The predicted molar refractivity (Wildman–Crippen MR) is 83.6 cm³/mol. The van der Waals surface area contributed by atoms with Gasteiger partial charge in [-0.05, 0) is 70.3 Å². The molecule has 0 saturated carbocycles. The van der Waals surface area contributed by atoms with Gasteiger partial charge < -0.3 is 5.32 Å². The fourth-order valence-electron chi connectivity index (χ4n) is 1.96. The normalized spacial score (nSPS) is 12.6. The summed E-state index contributed by atoms with van der Waals surface area (Å²) in [7, 11) is 0. The molecule has 18 heavy (non-hydrogen) atoms. The number of hydrogen-bond donors (Lipinski definition) is 1. The second kappa shape index (κ2) is 6.63. The Labute approximate surface area is 125 Å². The molecule has 0 aliphatic heterocycles. The molecule has 1 nitrogen and oxygen atoms in total. The Morgan fingerprint density at radius 3 is 2.83 bits per heavy atom. The standard InChI is InChI=1S/C14H15FINS/c1-2-17-13(11-8-14(16)18-9-11)7-10-4-3-5-12(15)6-10/h3-6,8-9,13,17H,2,7H2,1H3. The van der Waals surface area contributed by atoms with Crippen LogP contribution >= 0.6 is 33.9 Å². The Morgan fingerprint density at radius 1 is 1.39 bits per heavy atom. The van der Waals surface area contributed by atoms with E-state index in [9.17, 15) is 4.39 Å². The molecule has 96 valence electrons. The van der Waals surface area contributed by atoms with Crippen LogP contribution in [0.5, 0.6) is 0 Å². The summed E-state index contributed by atoms with van der Waals surface area (Å²) in [6, 6.07) is 9.30. The number of hydrogen-bond acceptors (Lipinski definition) is 2. The van der Waals surface area contributed by atoms with Crippen molar-refractivity contribution in [2.75, 3.05) is 6.54 Å². The molecule has 0 amide bonds. The molecule has 4 heteroatoms. The first-order valence-electron chi connectivity index (χ1n) is 5.90. The largest absolute Gasteiger partial charge is 0.310 e. The van der Waals surface area contributed by atoms with Gasteiger partial charge >= 0.3 is 0 Å². The van der Waals surface area contributed by atoms with E-state index in [-0.39, 0.29) is 11.9 Å². The van der Waals surface area contributed by atoms with Crippen LogP contribution in [0.3, 0.4) is 0 Å². The van der Waals surface area contributed by atoms with E-state index < -0.39 is 0 Å². The lowest BCUT2D eigenvalue weighted by molar-refractivity contribution is 0.548. The molecule has 1 atom stereocenters. The maximum atomic E-state index is 13.2. The van der Waals surface area contributed by atoms with Gasteiger partial charge in [-0.1, -0.05) is 19.1 Å². The molecule has 0 bridgehead atoms. The van der Waals surface area contributed by atoms with Crippen molar-refractivity contribution >= 4 is 33.9 Å². The molecule has 0 spiro atoms. The molecule has 1 aromatic carbocycles. The van der Waals surface area contributed by atoms with Gasteiger partial charge in [0.2, 0.25) is 0 Å². The van der Waals surface area contributed by atoms with Crippen LogP contribution in [0.1, 0.15) is 24.1 Å². The van der Waals surface area contributed by atoms with Crippen LogP contribution in [0.2, 0.25) is 0 Å². The molecule has 1 aromatic heterocycles. The molecule has 0 fully saturated rings. The highest BCUT2D eigenvalue weighted by molar-refractivity contribution is 14.1. The van der Waals surface area contributed by atoms with E-state index in [4.69, 9.17) is 0 Å². The second-order valence-corrected chi connectivity index (χ2v) is 6.93. The first-order chi connectivity index (χ1) is 8.69. The molecule has 0 aliphatic rings. The highest BCUT2D eigenvalue weighted by Gasteiger charge is 2.13. The van der Waals surface area contributed by atoms with Gasteiger partial charge in [-0.25, -0.2) is 4.39 Å². The third-order valence-corrected chi connectivity index (χ3v) is 4.58. The summed E-state index contributed by atoms with van der Waals surface area (Å²) < 4.78 is 14.5. The van der Waals surface area contributed by atoms with E-state index in [1.807, 2.05) is 6.07 Å². The SMILES string of the molecule is CCNC(Cc1cccc(F)c1)c1csc(I)c1. The van der Waals surface area contributed by atoms with Crippen molar-refractivity contribution < 1.29 is 4.39 Å². The lowest BCUT2D eigenvalue weighted by Gasteiger charge is -2.17. The number of benzene rings is 1. The van der Waals surface area contributed by atoms with Crippen LogP contribution in [0.25, 0.3) is 0 Å². The van der Waals surface area contributed by atoms with E-state index in [1.165, 1.54) is 14.5 Å². The lowest BCUT2D eigenvalue weighted by Crippen LogP contribution is -2.22. The van der Waals surface area contributed by atoms with Crippen molar-refractivity contribution in [2.45, 2.75) is 19.4 Å². The van der Waals surface area contributed by atoms with Gasteiger partial charge in [0.1, 0.15) is 5.82 Å². The summed E-state index contributed by atoms with van der Waals surface area (Å²) in [4.78, 5) is 0. The van der Waals surface area contributed by atoms with Gasteiger partial charge in [0.05, 0.1) is 2.88 Å². The maximum absolute atomic E-state index is 13.2. The monoisotopic (exact) mass is 375 g/mol. The van der Waals surface area contributed by atoms with Crippen LogP contribution in [-0.4, -0.2) is 6.54 Å². The van der Waals surface area contributed by atoms with Crippen molar-refractivity contribution in [2.24, 2.45) is 0 Å². The Hall–Kier alpha value is -0.460. The minimum atomic E-state index is -0.164. The molecular formula is C14H15FINS. The number of nitrogens with one attached hydrogen (secondary N) is 1. The van der Waals surface area contributed by atoms with Crippen molar-refractivity contribution in [3.8, 4) is 0 Å². The highest BCUT2D eigenvalue weighted by Crippen LogP contribution is 2.25. The second-order valence-electron chi connectivity index (χ2n) is 4.13. The predicted octanol–water partition coefficient (Wildman–Crippen LogP) is 4.39. The Bertz CT molecular complexity index is 512. The van der Waals surface area contributed by atoms with Crippen molar-refractivity contribution in [3.63, 3.8) is 0 Å². The third-order valence-electron chi connectivity index (χ3n) is 2.77. The van der Waals surface area contributed by atoms with Crippen LogP contribution in [0.15, 0.2) is 35.7 Å². The summed E-state index contributed by atoms with van der Waals surface area (Å²) in [6.07, 6.45) is 0.818. The van der Waals surface area contributed by atoms with Gasteiger partial charge in [0.15, 0.2) is 0 Å². The zero-order valence-electron chi connectivity index (χ0n) is 10.1. The van der Waals surface area contributed by atoms with Crippen molar-refractivity contribution in [3.05, 3.63) is 55.5 Å². The quantitative estimate of drug-likeness (QED) is 0.765. The Morgan fingerprint density at radius 2 is 2.22 bits per heavy atom. The van der Waals surface area contributed by atoms with Crippen molar-refractivity contribution in [1.82, 2.24) is 5.32 Å². The average Bonchev–Trinajstić information content (AvgIpc) is 2.75. The van der Waals surface area contributed by atoms with E-state index in [0.29, 0.717) is 0 Å². The fourth-order valence-corrected chi connectivity index (χ4v) is 3.39. The molecule has 2 rings (SSSR count). The van der Waals surface area contributed by atoms with E-state index in [1.54, 1.807) is 23.5 Å². The number of halogens is 2. The Balaban J connectivity index is 2.16. The summed E-state index contributed by atoms with van der Waals surface area (Å²) >= 11 is 4.07. The lowest BCUT2D eigenvalue weighted by atomic mass is 10.0. The minimum Gasteiger partial charge on any atom is -0.310 e. The van der Waals surface area contributed by atoms with Gasteiger partial charge in [0.25, 0.3) is 0 Å². The summed E-state index contributed by atoms with van der Waals surface area (Å²) in [6.45, 7) is 3.00. The highest BCUT2D eigenvalue weighted by atomic mass is 127. The van der Waals surface area contributed by atoms with Gasteiger partial charge in [-0.2, -0.15) is 0 Å². The van der Waals surface area contributed by atoms with Crippen molar-refractivity contribution in [1.29, 1.82) is 0 Å². The topological polar surface area (TPSA) is 12.0 Å². The van der Waals surface area contributed by atoms with Gasteiger partial charge in [-0.3, -0.25) is 0 Å². The summed E-state index contributed by atoms with van der Waals surface area (Å²) in [5.74, 6) is -0.164. The van der Waals surface area contributed by atoms with Crippen LogP contribution < -0.4 is 5.32 Å². The van der Waals surface area contributed by atoms with Crippen LogP contribution in [-0.2, 0) is 6.42 Å². The van der Waals surface area contributed by atoms with Gasteiger partial charge in [0, 0.05) is 6.04 Å². The zero-order valence-corrected chi connectivity index (χ0v) is 13.1. The van der Waals surface area contributed by atoms with Gasteiger partial charge in [-0.15, -0.1) is 11.3 Å². The van der Waals surface area contributed by atoms with E-state index in [2.05, 4.69) is 46.3 Å². The minimum absolute atomic E-state index is 0.164.